The van der Waals surface area contributed by atoms with Crippen molar-refractivity contribution >= 4 is 22.8 Å². The van der Waals surface area contributed by atoms with E-state index in [1.807, 2.05) is 0 Å². The number of hydrogen-bond donors (Lipinski definition) is 2. The fourth-order valence-corrected chi connectivity index (χ4v) is 3.15. The van der Waals surface area contributed by atoms with Crippen LogP contribution in [0.15, 0.2) is 0 Å². The predicted octanol–water partition coefficient (Wildman–Crippen LogP) is 2.38. The normalized spacial score (nSPS) is 25.6. The summed E-state index contributed by atoms with van der Waals surface area (Å²) in [5.74, 6) is 0.0328. The molecule has 1 atom stereocenters. The average Bonchev–Trinajstić information content (AvgIpc) is 2.97. The summed E-state index contributed by atoms with van der Waals surface area (Å²) in [6, 6.07) is 0. The summed E-state index contributed by atoms with van der Waals surface area (Å²) in [6.45, 7) is 0.434. The van der Waals surface area contributed by atoms with Crippen molar-refractivity contribution in [2.75, 3.05) is 11.9 Å². The van der Waals surface area contributed by atoms with E-state index in [1.54, 1.807) is 0 Å². The first kappa shape index (κ1) is 12.8. The van der Waals surface area contributed by atoms with Gasteiger partial charge in [-0.3, -0.25) is 5.32 Å². The Morgan fingerprint density at radius 1 is 1.42 bits per heavy atom. The molecule has 2 heterocycles. The third-order valence-corrected chi connectivity index (χ3v) is 4.06. The third kappa shape index (κ3) is 2.70. The Morgan fingerprint density at radius 2 is 2.21 bits per heavy atom. The summed E-state index contributed by atoms with van der Waals surface area (Å²) >= 11 is 1.01. The van der Waals surface area contributed by atoms with Crippen molar-refractivity contribution in [3.63, 3.8) is 0 Å². The Balaban J connectivity index is 1.67. The second kappa shape index (κ2) is 5.03. The summed E-state index contributed by atoms with van der Waals surface area (Å²) in [4.78, 5) is 14.6. The first-order valence-corrected chi connectivity index (χ1v) is 7.10. The lowest BCUT2D eigenvalue weighted by Crippen LogP contribution is -2.32. The molecule has 7 nitrogen and oxygen atoms in total. The van der Waals surface area contributed by atoms with Gasteiger partial charge in [-0.05, 0) is 12.8 Å². The predicted molar refractivity (Wildman–Crippen MR) is 67.2 cm³/mol. The zero-order chi connectivity index (χ0) is 13.3. The molecule has 1 aromatic heterocycles. The van der Waals surface area contributed by atoms with Gasteiger partial charge < -0.3 is 14.6 Å². The number of anilines is 1. The standard InChI is InChI=1S/C11H15N3O4S/c15-10(16)13-9-12-8(14-19-9)7-6-17-11(18-7)4-2-1-3-5-11/h7H,1-6H2,(H,15,16)(H,12,13,14). The zero-order valence-electron chi connectivity index (χ0n) is 10.3. The SMILES string of the molecule is O=C(O)Nc1nc(C2COC3(CCCCC3)O2)ns1. The van der Waals surface area contributed by atoms with Gasteiger partial charge in [0.1, 0.15) is 6.10 Å². The number of rotatable bonds is 2. The quantitative estimate of drug-likeness (QED) is 0.866. The summed E-state index contributed by atoms with van der Waals surface area (Å²) in [5, 5.41) is 11.1. The van der Waals surface area contributed by atoms with Crippen LogP contribution in [0, 0.1) is 0 Å². The van der Waals surface area contributed by atoms with Gasteiger partial charge in [0.2, 0.25) is 5.13 Å². The Labute approximate surface area is 114 Å². The molecular weight excluding hydrogens is 270 g/mol. The van der Waals surface area contributed by atoms with Crippen molar-refractivity contribution in [1.29, 1.82) is 0 Å². The molecule has 3 rings (SSSR count). The highest BCUT2D eigenvalue weighted by molar-refractivity contribution is 7.09. The second-order valence-electron chi connectivity index (χ2n) is 4.78. The molecule has 2 N–H and O–H groups in total. The van der Waals surface area contributed by atoms with Crippen LogP contribution in [-0.4, -0.2) is 33.0 Å². The maximum atomic E-state index is 10.5. The van der Waals surface area contributed by atoms with Gasteiger partial charge in [-0.2, -0.15) is 4.37 Å². The number of amides is 1. The molecule has 1 aliphatic carbocycles. The van der Waals surface area contributed by atoms with Gasteiger partial charge in [0.25, 0.3) is 0 Å². The molecule has 1 amide bonds. The smallest absolute Gasteiger partial charge is 0.411 e. The fraction of sp³-hybridized carbons (Fsp3) is 0.727. The lowest BCUT2D eigenvalue weighted by Gasteiger charge is -2.31. The number of aromatic nitrogens is 2. The Bertz CT molecular complexity index is 472. The van der Waals surface area contributed by atoms with Gasteiger partial charge >= 0.3 is 6.09 Å². The minimum atomic E-state index is -1.14. The number of nitrogens with zero attached hydrogens (tertiary/aromatic N) is 2. The molecular formula is C11H15N3O4S. The summed E-state index contributed by atoms with van der Waals surface area (Å²) in [6.07, 6.45) is 3.84. The minimum Gasteiger partial charge on any atom is -0.465 e. The van der Waals surface area contributed by atoms with E-state index in [0.717, 1.165) is 37.2 Å². The van der Waals surface area contributed by atoms with E-state index in [-0.39, 0.29) is 11.2 Å². The van der Waals surface area contributed by atoms with Crippen molar-refractivity contribution in [2.24, 2.45) is 0 Å². The van der Waals surface area contributed by atoms with E-state index in [4.69, 9.17) is 14.6 Å². The van der Waals surface area contributed by atoms with Gasteiger partial charge in [0, 0.05) is 24.4 Å². The van der Waals surface area contributed by atoms with Crippen LogP contribution in [0.5, 0.6) is 0 Å². The molecule has 1 unspecified atom stereocenters. The average molecular weight is 285 g/mol. The molecule has 104 valence electrons. The molecule has 1 aliphatic heterocycles. The molecule has 19 heavy (non-hydrogen) atoms. The van der Waals surface area contributed by atoms with E-state index in [2.05, 4.69) is 14.7 Å². The molecule has 8 heteroatoms. The van der Waals surface area contributed by atoms with Crippen LogP contribution in [0.2, 0.25) is 0 Å². The van der Waals surface area contributed by atoms with Gasteiger partial charge in [-0.25, -0.2) is 9.78 Å². The Kier molecular flexibility index (Phi) is 3.38. The molecule has 1 saturated carbocycles. The molecule has 0 bridgehead atoms. The maximum absolute atomic E-state index is 10.5. The van der Waals surface area contributed by atoms with Crippen LogP contribution in [0.4, 0.5) is 9.93 Å². The van der Waals surface area contributed by atoms with Crippen LogP contribution in [-0.2, 0) is 9.47 Å². The number of carboxylic acid groups (broad SMARTS) is 1. The molecule has 1 saturated heterocycles. The van der Waals surface area contributed by atoms with Crippen molar-refractivity contribution in [3.8, 4) is 0 Å². The molecule has 1 spiro atoms. The largest absolute Gasteiger partial charge is 0.465 e. The first-order chi connectivity index (χ1) is 9.17. The molecule has 0 aromatic carbocycles. The molecule has 2 aliphatic rings. The van der Waals surface area contributed by atoms with Gasteiger partial charge in [-0.1, -0.05) is 6.42 Å². The minimum absolute atomic E-state index is 0.260. The number of nitrogens with one attached hydrogen (secondary N) is 1. The first-order valence-electron chi connectivity index (χ1n) is 6.32. The van der Waals surface area contributed by atoms with Gasteiger partial charge in [0.05, 0.1) is 6.61 Å². The molecule has 1 aromatic rings. The highest BCUT2D eigenvalue weighted by Crippen LogP contribution is 2.42. The zero-order valence-corrected chi connectivity index (χ0v) is 11.1. The van der Waals surface area contributed by atoms with Crippen molar-refractivity contribution in [3.05, 3.63) is 5.82 Å². The monoisotopic (exact) mass is 285 g/mol. The highest BCUT2D eigenvalue weighted by Gasteiger charge is 2.44. The van der Waals surface area contributed by atoms with E-state index < -0.39 is 11.9 Å². The summed E-state index contributed by atoms with van der Waals surface area (Å²) < 4.78 is 15.9. The van der Waals surface area contributed by atoms with Crippen molar-refractivity contribution in [2.45, 2.75) is 44.0 Å². The van der Waals surface area contributed by atoms with Gasteiger partial charge in [0.15, 0.2) is 11.6 Å². The molecule has 2 fully saturated rings. The second-order valence-corrected chi connectivity index (χ2v) is 5.53. The van der Waals surface area contributed by atoms with Gasteiger partial charge in [-0.15, -0.1) is 0 Å². The summed E-state index contributed by atoms with van der Waals surface area (Å²) in [7, 11) is 0. The highest BCUT2D eigenvalue weighted by atomic mass is 32.1. The Hall–Kier alpha value is -1.25. The third-order valence-electron chi connectivity index (χ3n) is 3.41. The Morgan fingerprint density at radius 3 is 2.95 bits per heavy atom. The van der Waals surface area contributed by atoms with Crippen LogP contribution < -0.4 is 5.32 Å². The van der Waals surface area contributed by atoms with Crippen LogP contribution >= 0.6 is 11.5 Å². The van der Waals surface area contributed by atoms with E-state index in [9.17, 15) is 4.79 Å². The maximum Gasteiger partial charge on any atom is 0.411 e. The summed E-state index contributed by atoms with van der Waals surface area (Å²) in [5.41, 5.74) is 0. The van der Waals surface area contributed by atoms with Crippen LogP contribution in [0.3, 0.4) is 0 Å². The van der Waals surface area contributed by atoms with E-state index in [1.165, 1.54) is 6.42 Å². The molecule has 0 radical (unpaired) electrons. The topological polar surface area (TPSA) is 93.6 Å². The van der Waals surface area contributed by atoms with Crippen molar-refractivity contribution in [1.82, 2.24) is 9.36 Å². The lowest BCUT2D eigenvalue weighted by atomic mass is 9.94. The lowest BCUT2D eigenvalue weighted by molar-refractivity contribution is -0.188. The fourth-order valence-electron chi connectivity index (χ4n) is 2.54. The number of carbonyl (C=O) groups is 1. The van der Waals surface area contributed by atoms with Crippen LogP contribution in [0.1, 0.15) is 44.0 Å². The van der Waals surface area contributed by atoms with Crippen molar-refractivity contribution < 1.29 is 19.4 Å². The van der Waals surface area contributed by atoms with Crippen LogP contribution in [0.25, 0.3) is 0 Å². The number of ether oxygens (including phenoxy) is 2. The number of hydrogen-bond acceptors (Lipinski definition) is 6. The van der Waals surface area contributed by atoms with E-state index in [0.29, 0.717) is 12.4 Å². The van der Waals surface area contributed by atoms with E-state index >= 15 is 0 Å².